The van der Waals surface area contributed by atoms with Crippen molar-refractivity contribution in [2.24, 2.45) is 5.92 Å². The fourth-order valence-electron chi connectivity index (χ4n) is 8.46. The number of carbonyl (C=O) groups excluding carboxylic acids is 1. The summed E-state index contributed by atoms with van der Waals surface area (Å²) >= 11 is 0. The predicted octanol–water partition coefficient (Wildman–Crippen LogP) is 13.6. The van der Waals surface area contributed by atoms with E-state index in [1.165, 1.54) is 10.4 Å². The molecule has 5 atom stereocenters. The van der Waals surface area contributed by atoms with Gasteiger partial charge in [0.05, 0.1) is 24.4 Å². The van der Waals surface area contributed by atoms with Gasteiger partial charge in [0.15, 0.2) is 14.1 Å². The molecule has 0 saturated carbocycles. The lowest BCUT2D eigenvalue weighted by atomic mass is 9.91. The Bertz CT molecular complexity index is 2180. The summed E-state index contributed by atoms with van der Waals surface area (Å²) in [5.41, 5.74) is 4.36. The van der Waals surface area contributed by atoms with Crippen LogP contribution >= 0.6 is 0 Å². The first-order valence-corrected chi connectivity index (χ1v) is 32.3. The Morgan fingerprint density at radius 1 is 0.738 bits per heavy atom. The maximum absolute atomic E-state index is 13.9. The molecule has 0 aliphatic carbocycles. The molecule has 1 aliphatic rings. The lowest BCUT2D eigenvalue weighted by Gasteiger charge is -2.45. The van der Waals surface area contributed by atoms with Crippen LogP contribution in [0.1, 0.15) is 97.1 Å². The van der Waals surface area contributed by atoms with Crippen LogP contribution in [0.15, 0.2) is 121 Å². The van der Waals surface area contributed by atoms with Gasteiger partial charge < -0.3 is 23.1 Å². The summed E-state index contributed by atoms with van der Waals surface area (Å²) in [7, 11) is -6.51. The van der Waals surface area contributed by atoms with Crippen molar-refractivity contribution in [1.82, 2.24) is 0 Å². The summed E-state index contributed by atoms with van der Waals surface area (Å²) in [4.78, 5) is 13.9. The molecule has 0 N–H and O–H groups in total. The van der Waals surface area contributed by atoms with E-state index in [0.717, 1.165) is 28.3 Å². The Balaban J connectivity index is 1.50. The van der Waals surface area contributed by atoms with Crippen molar-refractivity contribution >= 4 is 47.1 Å². The van der Waals surface area contributed by atoms with Crippen molar-refractivity contribution in [3.63, 3.8) is 0 Å². The number of esters is 1. The van der Waals surface area contributed by atoms with E-state index in [0.29, 0.717) is 18.6 Å². The van der Waals surface area contributed by atoms with Gasteiger partial charge in [0.2, 0.25) is 0 Å². The smallest absolute Gasteiger partial charge is 0.339 e. The standard InChI is InChI=1S/C56H80O6Si3/c1-41(43(3)61-65(55(7,8)9,45-29-22-18-23-30-45)46-31-24-19-25-32-46)36-38-50(62-64(15,16)54(4,5)6)52-49(59-56(10,11)60-52)34-26-33-48-47(44-27-20-17-21-28-44)37-35-42(2)51(48)53(57)58-39-40-63(12,13)14/h17-33,35-38,41,43,49-50,52H,34,39-40H2,1-16H3/b33-26+,38-36-/t41-,43+,49+,50?,52+/m1/s1. The van der Waals surface area contributed by atoms with Crippen molar-refractivity contribution in [2.45, 2.75) is 162 Å². The van der Waals surface area contributed by atoms with Gasteiger partial charge in [0, 0.05) is 14.2 Å². The Labute approximate surface area is 396 Å². The summed E-state index contributed by atoms with van der Waals surface area (Å²) in [6.07, 6.45) is 8.08. The molecule has 1 aliphatic heterocycles. The Kier molecular flexibility index (Phi) is 17.0. The zero-order valence-corrected chi connectivity index (χ0v) is 45.6. The van der Waals surface area contributed by atoms with Crippen LogP contribution in [-0.4, -0.2) is 67.5 Å². The first kappa shape index (κ1) is 52.3. The van der Waals surface area contributed by atoms with Crippen molar-refractivity contribution in [2.75, 3.05) is 6.61 Å². The normalized spacial score (nSPS) is 18.8. The average Bonchev–Trinajstić information content (AvgIpc) is 3.54. The third-order valence-corrected chi connectivity index (χ3v) is 24.7. The lowest BCUT2D eigenvalue weighted by Crippen LogP contribution is -2.67. The summed E-state index contributed by atoms with van der Waals surface area (Å²) in [6, 6.07) is 37.0. The molecule has 0 aromatic heterocycles. The van der Waals surface area contributed by atoms with Crippen LogP contribution < -0.4 is 10.4 Å². The number of ether oxygens (including phenoxy) is 3. The third-order valence-electron chi connectivity index (χ3n) is 13.4. The van der Waals surface area contributed by atoms with Gasteiger partial charge >= 0.3 is 5.97 Å². The number of benzene rings is 4. The third kappa shape index (κ3) is 13.1. The molecule has 0 spiro atoms. The highest BCUT2D eigenvalue weighted by molar-refractivity contribution is 6.99. The summed E-state index contributed by atoms with van der Waals surface area (Å²) < 4.78 is 34.5. The van der Waals surface area contributed by atoms with Crippen LogP contribution in [0.4, 0.5) is 0 Å². The molecule has 5 rings (SSSR count). The number of carbonyl (C=O) groups is 1. The van der Waals surface area contributed by atoms with Gasteiger partial charge in [-0.2, -0.15) is 0 Å². The first-order chi connectivity index (χ1) is 30.3. The summed E-state index contributed by atoms with van der Waals surface area (Å²) in [5, 5.41) is 2.36. The predicted molar refractivity (Wildman–Crippen MR) is 281 cm³/mol. The number of hydrogen-bond acceptors (Lipinski definition) is 6. The largest absolute Gasteiger partial charge is 0.462 e. The van der Waals surface area contributed by atoms with Gasteiger partial charge in [0.25, 0.3) is 8.32 Å². The first-order valence-electron chi connectivity index (χ1n) is 23.8. The van der Waals surface area contributed by atoms with E-state index in [4.69, 9.17) is 23.1 Å². The van der Waals surface area contributed by atoms with E-state index < -0.39 is 36.6 Å². The van der Waals surface area contributed by atoms with Gasteiger partial charge in [-0.05, 0) is 102 Å². The SMILES string of the molecule is Cc1ccc(-c2ccccc2)c(/C=C/C[C@@H]2OC(C)(C)O[C@@H]2C(/C=C\[C@@H](C)[C@H](C)O[Si](c2ccccc2)(c2ccccc2)C(C)(C)C)O[Si](C)(C)C(C)(C)C)c1C(=O)OCC[Si](C)(C)C. The second-order valence-corrected chi connectivity index (χ2v) is 37.0. The van der Waals surface area contributed by atoms with Crippen LogP contribution in [0.25, 0.3) is 17.2 Å². The highest BCUT2D eigenvalue weighted by Gasteiger charge is 2.52. The van der Waals surface area contributed by atoms with Crippen LogP contribution in [0.2, 0.25) is 48.9 Å². The molecule has 352 valence electrons. The minimum Gasteiger partial charge on any atom is -0.462 e. The lowest BCUT2D eigenvalue weighted by molar-refractivity contribution is -0.151. The molecule has 1 heterocycles. The minimum absolute atomic E-state index is 0.0339. The molecule has 1 unspecified atom stereocenters. The van der Waals surface area contributed by atoms with Gasteiger partial charge in [-0.3, -0.25) is 0 Å². The monoisotopic (exact) mass is 933 g/mol. The Morgan fingerprint density at radius 3 is 1.82 bits per heavy atom. The van der Waals surface area contributed by atoms with Crippen molar-refractivity contribution in [3.05, 3.63) is 138 Å². The van der Waals surface area contributed by atoms with E-state index in [-0.39, 0.29) is 40.3 Å². The van der Waals surface area contributed by atoms with E-state index >= 15 is 0 Å². The molecule has 1 fully saturated rings. The average molecular weight is 934 g/mol. The Hall–Kier alpha value is -3.68. The number of rotatable bonds is 18. The molecule has 4 aromatic rings. The van der Waals surface area contributed by atoms with Gasteiger partial charge in [0.1, 0.15) is 6.10 Å². The second-order valence-electron chi connectivity index (χ2n) is 22.4. The van der Waals surface area contributed by atoms with Crippen molar-refractivity contribution < 1.29 is 27.9 Å². The summed E-state index contributed by atoms with van der Waals surface area (Å²) in [5.74, 6) is -1.06. The van der Waals surface area contributed by atoms with Gasteiger partial charge in [-0.1, -0.05) is 196 Å². The molecule has 0 bridgehead atoms. The van der Waals surface area contributed by atoms with Gasteiger partial charge in [-0.15, -0.1) is 0 Å². The van der Waals surface area contributed by atoms with Crippen LogP contribution in [0.3, 0.4) is 0 Å². The maximum atomic E-state index is 13.9. The molecule has 9 heteroatoms. The molecule has 0 radical (unpaired) electrons. The van der Waals surface area contributed by atoms with E-state index in [1.807, 2.05) is 45.0 Å². The topological polar surface area (TPSA) is 63.2 Å². The Morgan fingerprint density at radius 2 is 1.29 bits per heavy atom. The number of aryl methyl sites for hydroxylation is 1. The molecular weight excluding hydrogens is 853 g/mol. The molecule has 6 nitrogen and oxygen atoms in total. The zero-order chi connectivity index (χ0) is 48.0. The fraction of sp³-hybridized carbons (Fsp3) is 0.482. The molecule has 65 heavy (non-hydrogen) atoms. The fourth-order valence-corrected chi connectivity index (χ4v) is 15.2. The zero-order valence-electron chi connectivity index (χ0n) is 42.6. The summed E-state index contributed by atoms with van der Waals surface area (Å²) in [6.45, 7) is 36.1. The maximum Gasteiger partial charge on any atom is 0.339 e. The highest BCUT2D eigenvalue weighted by Crippen LogP contribution is 2.42. The highest BCUT2D eigenvalue weighted by atomic mass is 28.4. The van der Waals surface area contributed by atoms with E-state index in [9.17, 15) is 4.79 Å². The molecule has 4 aromatic carbocycles. The molecule has 0 amide bonds. The van der Waals surface area contributed by atoms with E-state index in [2.05, 4.69) is 191 Å². The van der Waals surface area contributed by atoms with Crippen LogP contribution in [-0.2, 0) is 23.1 Å². The molecular formula is C56H80O6Si3. The number of hydrogen-bond donors (Lipinski definition) is 0. The second kappa shape index (κ2) is 21.1. The quantitative estimate of drug-likeness (QED) is 0.0563. The van der Waals surface area contributed by atoms with Crippen LogP contribution in [0, 0.1) is 12.8 Å². The minimum atomic E-state index is -2.79. The van der Waals surface area contributed by atoms with Crippen molar-refractivity contribution in [3.8, 4) is 11.1 Å². The van der Waals surface area contributed by atoms with Crippen molar-refractivity contribution in [1.29, 1.82) is 0 Å². The molecule has 1 saturated heterocycles. The van der Waals surface area contributed by atoms with Crippen LogP contribution in [0.5, 0.6) is 0 Å². The van der Waals surface area contributed by atoms with Gasteiger partial charge in [-0.25, -0.2) is 4.79 Å². The van der Waals surface area contributed by atoms with E-state index in [1.54, 1.807) is 0 Å².